The topological polar surface area (TPSA) is 144 Å². The summed E-state index contributed by atoms with van der Waals surface area (Å²) < 4.78 is 25.4. The smallest absolute Gasteiger partial charge is 0.262 e. The molecule has 1 unspecified atom stereocenters. The maximum Gasteiger partial charge on any atom is 0.262 e. The first kappa shape index (κ1) is 22.8. The molecule has 1 N–H and O–H groups in total. The normalized spacial score (nSPS) is 16.3. The molecule has 0 bridgehead atoms. The van der Waals surface area contributed by atoms with Gasteiger partial charge in [-0.2, -0.15) is 0 Å². The van der Waals surface area contributed by atoms with Crippen molar-refractivity contribution in [3.05, 3.63) is 59.7 Å². The third-order valence-electron chi connectivity index (χ3n) is 6.00. The maximum absolute atomic E-state index is 13.2. The number of nitrogens with zero attached hydrogens (tertiary/aromatic N) is 5. The number of hydrogen-bond donors (Lipinski definition) is 1. The molecule has 3 amide bonds. The Morgan fingerprint density at radius 1 is 1.06 bits per heavy atom. The molecule has 3 aromatic rings. The number of carbonyl (C=O) groups excluding carboxylic acids is 3. The van der Waals surface area contributed by atoms with Crippen LogP contribution in [0, 0.1) is 0 Å². The van der Waals surface area contributed by atoms with E-state index in [1.54, 1.807) is 41.1 Å². The fraction of sp³-hybridized carbons (Fsp3) is 0.304. The molecule has 2 aromatic carbocycles. The van der Waals surface area contributed by atoms with E-state index >= 15 is 0 Å². The van der Waals surface area contributed by atoms with E-state index in [0.29, 0.717) is 17.6 Å². The molecule has 1 aliphatic heterocycles. The second kappa shape index (κ2) is 8.69. The maximum atomic E-state index is 13.2. The number of carbonyl (C=O) groups is 3. The van der Waals surface area contributed by atoms with Crippen LogP contribution in [-0.4, -0.2) is 69.3 Å². The fourth-order valence-corrected chi connectivity index (χ4v) is 4.72. The number of anilines is 1. The van der Waals surface area contributed by atoms with Crippen molar-refractivity contribution in [2.75, 3.05) is 17.3 Å². The monoisotopic (exact) mass is 494 g/mol. The molecule has 11 nitrogen and oxygen atoms in total. The molecule has 2 aliphatic rings. The van der Waals surface area contributed by atoms with Gasteiger partial charge in [0.2, 0.25) is 5.91 Å². The van der Waals surface area contributed by atoms with E-state index in [2.05, 4.69) is 20.8 Å². The second-order valence-electron chi connectivity index (χ2n) is 8.71. The highest BCUT2D eigenvalue weighted by Crippen LogP contribution is 2.36. The lowest BCUT2D eigenvalue weighted by Gasteiger charge is -2.25. The molecule has 1 atom stereocenters. The van der Waals surface area contributed by atoms with Gasteiger partial charge in [0.15, 0.2) is 5.82 Å². The van der Waals surface area contributed by atoms with Crippen LogP contribution in [0.25, 0.3) is 11.4 Å². The van der Waals surface area contributed by atoms with Crippen LogP contribution in [0.5, 0.6) is 0 Å². The minimum absolute atomic E-state index is 0.187. The molecule has 0 spiro atoms. The summed E-state index contributed by atoms with van der Waals surface area (Å²) in [4.78, 5) is 40.0. The highest BCUT2D eigenvalue weighted by molar-refractivity contribution is 7.90. The van der Waals surface area contributed by atoms with Gasteiger partial charge in [-0.05, 0) is 66.1 Å². The molecule has 1 aromatic heterocycles. The van der Waals surface area contributed by atoms with Crippen LogP contribution in [0.2, 0.25) is 0 Å². The fourth-order valence-electron chi connectivity index (χ4n) is 4.07. The molecular weight excluding hydrogens is 472 g/mol. The van der Waals surface area contributed by atoms with Gasteiger partial charge in [-0.15, -0.1) is 5.10 Å². The van der Waals surface area contributed by atoms with E-state index in [0.717, 1.165) is 29.6 Å². The molecule has 1 saturated carbocycles. The minimum atomic E-state index is -3.44. The number of tetrazole rings is 1. The summed E-state index contributed by atoms with van der Waals surface area (Å²) in [7, 11) is -3.44. The Morgan fingerprint density at radius 2 is 1.69 bits per heavy atom. The average Bonchev–Trinajstić information content (AvgIpc) is 3.50. The predicted octanol–water partition coefficient (Wildman–Crippen LogP) is 1.71. The number of rotatable bonds is 8. The van der Waals surface area contributed by atoms with Crippen LogP contribution in [0.3, 0.4) is 0 Å². The van der Waals surface area contributed by atoms with Gasteiger partial charge in [0.05, 0.1) is 22.9 Å². The van der Waals surface area contributed by atoms with E-state index in [4.69, 9.17) is 0 Å². The number of benzene rings is 2. The molecule has 12 heteroatoms. The van der Waals surface area contributed by atoms with Crippen molar-refractivity contribution in [1.29, 1.82) is 0 Å². The van der Waals surface area contributed by atoms with E-state index in [-0.39, 0.29) is 23.3 Å². The quantitative estimate of drug-likeness (QED) is 0.466. The molecule has 180 valence electrons. The Balaban J connectivity index is 1.37. The molecule has 1 aliphatic carbocycles. The summed E-state index contributed by atoms with van der Waals surface area (Å²) in [6.07, 6.45) is 2.88. The van der Waals surface area contributed by atoms with Gasteiger partial charge < -0.3 is 5.32 Å². The lowest BCUT2D eigenvalue weighted by molar-refractivity contribution is -0.120. The average molecular weight is 495 g/mol. The van der Waals surface area contributed by atoms with Crippen LogP contribution < -0.4 is 5.32 Å². The van der Waals surface area contributed by atoms with Crippen LogP contribution in [0.15, 0.2) is 48.5 Å². The molecule has 0 saturated heterocycles. The van der Waals surface area contributed by atoms with Crippen molar-refractivity contribution in [3.8, 4) is 11.4 Å². The summed E-state index contributed by atoms with van der Waals surface area (Å²) in [6, 6.07) is 12.1. The third kappa shape index (κ3) is 4.56. The number of hydrogen-bond acceptors (Lipinski definition) is 8. The molecule has 1 fully saturated rings. The zero-order chi connectivity index (χ0) is 24.7. The van der Waals surface area contributed by atoms with Crippen LogP contribution in [-0.2, 0) is 14.6 Å². The zero-order valence-corrected chi connectivity index (χ0v) is 19.6. The number of imide groups is 1. The van der Waals surface area contributed by atoms with Crippen molar-refractivity contribution in [2.45, 2.75) is 31.3 Å². The summed E-state index contributed by atoms with van der Waals surface area (Å²) in [5, 5.41) is 14.6. The molecular formula is C23H22N6O5S. The minimum Gasteiger partial charge on any atom is -0.324 e. The number of nitrogens with one attached hydrogen (secondary N) is 1. The third-order valence-corrected chi connectivity index (χ3v) is 6.98. The zero-order valence-electron chi connectivity index (χ0n) is 18.8. The van der Waals surface area contributed by atoms with Gasteiger partial charge in [0.25, 0.3) is 11.8 Å². The highest BCUT2D eigenvalue weighted by Gasteiger charge is 2.42. The van der Waals surface area contributed by atoms with Crippen molar-refractivity contribution < 1.29 is 22.8 Å². The van der Waals surface area contributed by atoms with Gasteiger partial charge in [-0.25, -0.2) is 13.1 Å². The van der Waals surface area contributed by atoms with Gasteiger partial charge in [0.1, 0.15) is 15.9 Å². The summed E-state index contributed by atoms with van der Waals surface area (Å²) in [6.45, 7) is 0. The molecule has 2 heterocycles. The highest BCUT2D eigenvalue weighted by atomic mass is 32.2. The number of fused-ring (bicyclic) bond motifs is 1. The van der Waals surface area contributed by atoms with Gasteiger partial charge >= 0.3 is 0 Å². The Morgan fingerprint density at radius 3 is 2.26 bits per heavy atom. The lowest BCUT2D eigenvalue weighted by atomic mass is 10.1. The van der Waals surface area contributed by atoms with Crippen molar-refractivity contribution in [1.82, 2.24) is 25.1 Å². The van der Waals surface area contributed by atoms with Gasteiger partial charge in [-0.3, -0.25) is 19.3 Å². The Labute approximate surface area is 201 Å². The van der Waals surface area contributed by atoms with Crippen molar-refractivity contribution in [2.24, 2.45) is 0 Å². The van der Waals surface area contributed by atoms with E-state index in [9.17, 15) is 22.8 Å². The number of aromatic nitrogens is 4. The second-order valence-corrected chi connectivity index (χ2v) is 11.0. The van der Waals surface area contributed by atoms with Crippen LogP contribution >= 0.6 is 0 Å². The first-order valence-electron chi connectivity index (χ1n) is 11.1. The van der Waals surface area contributed by atoms with Gasteiger partial charge in [0, 0.05) is 17.5 Å². The van der Waals surface area contributed by atoms with Crippen molar-refractivity contribution >= 4 is 33.2 Å². The summed E-state index contributed by atoms with van der Waals surface area (Å²) in [5.74, 6) is -1.63. The Bertz CT molecular complexity index is 1390. The Kier molecular flexibility index (Phi) is 5.67. The van der Waals surface area contributed by atoms with Crippen LogP contribution in [0.4, 0.5) is 5.69 Å². The van der Waals surface area contributed by atoms with E-state index in [1.807, 2.05) is 0 Å². The SMILES string of the molecule is CS(=O)(=O)CCC(C(=O)Nc1ccc(-c2nnnn2C2CC2)cc1)N1C(=O)c2ccccc2C1=O. The van der Waals surface area contributed by atoms with Crippen molar-refractivity contribution in [3.63, 3.8) is 0 Å². The summed E-state index contributed by atoms with van der Waals surface area (Å²) >= 11 is 0. The first-order chi connectivity index (χ1) is 16.7. The predicted molar refractivity (Wildman–Crippen MR) is 125 cm³/mol. The standard InChI is InChI=1S/C23H22N6O5S/c1-35(33,34)13-12-19(28-22(31)17-4-2-3-5-18(17)23(28)32)21(30)24-15-8-6-14(7-9-15)20-25-26-27-29(20)16-10-11-16/h2-9,16,19H,10-13H2,1H3,(H,24,30). The lowest BCUT2D eigenvalue weighted by Crippen LogP contribution is -2.48. The number of sulfone groups is 1. The summed E-state index contributed by atoms with van der Waals surface area (Å²) in [5.41, 5.74) is 1.57. The number of amides is 3. The Hall–Kier alpha value is -3.93. The van der Waals surface area contributed by atoms with Crippen LogP contribution in [0.1, 0.15) is 46.0 Å². The molecule has 0 radical (unpaired) electrons. The van der Waals surface area contributed by atoms with E-state index in [1.165, 1.54) is 12.1 Å². The van der Waals surface area contributed by atoms with Gasteiger partial charge in [-0.1, -0.05) is 12.1 Å². The first-order valence-corrected chi connectivity index (χ1v) is 13.1. The molecule has 5 rings (SSSR count). The van der Waals surface area contributed by atoms with E-state index < -0.39 is 33.6 Å². The largest absolute Gasteiger partial charge is 0.324 e. The molecule has 35 heavy (non-hydrogen) atoms.